The van der Waals surface area contributed by atoms with Crippen LogP contribution in [0.2, 0.25) is 0 Å². The Hall–Kier alpha value is -0.690. The number of aromatic nitrogens is 4. The van der Waals surface area contributed by atoms with Crippen LogP contribution in [0.3, 0.4) is 0 Å². The van der Waals surface area contributed by atoms with Crippen LogP contribution in [-0.4, -0.2) is 18.8 Å². The van der Waals surface area contributed by atoms with E-state index in [9.17, 15) is 4.79 Å². The van der Waals surface area contributed by atoms with Crippen molar-refractivity contribution in [2.24, 2.45) is 0 Å². The van der Waals surface area contributed by atoms with Crippen molar-refractivity contribution in [3.05, 3.63) is 21.3 Å². The van der Waals surface area contributed by atoms with Crippen molar-refractivity contribution in [2.75, 3.05) is 0 Å². The predicted molar refractivity (Wildman–Crippen MR) is 50.2 cm³/mol. The van der Waals surface area contributed by atoms with Gasteiger partial charge in [0, 0.05) is 0 Å². The van der Waals surface area contributed by atoms with Crippen LogP contribution in [0.15, 0.2) is 15.7 Å². The third-order valence-electron chi connectivity index (χ3n) is 1.39. The zero-order valence-corrected chi connectivity index (χ0v) is 8.76. The molecule has 2 rings (SSSR count). The first-order chi connectivity index (χ1) is 5.70. The minimum absolute atomic E-state index is 0.194. The van der Waals surface area contributed by atoms with Crippen LogP contribution in [0.4, 0.5) is 0 Å². The topological polar surface area (TPSA) is 63.6 Å². The molecule has 0 atom stereocenters. The Bertz CT molecular complexity index is 488. The van der Waals surface area contributed by atoms with Crippen molar-refractivity contribution in [1.82, 2.24) is 18.8 Å². The lowest BCUT2D eigenvalue weighted by Crippen LogP contribution is -2.13. The molecule has 0 spiro atoms. The zero-order valence-electron chi connectivity index (χ0n) is 5.58. The maximum Gasteiger partial charge on any atom is 0.275 e. The van der Waals surface area contributed by atoms with E-state index in [0.29, 0.717) is 15.8 Å². The van der Waals surface area contributed by atoms with Gasteiger partial charge in [-0.25, -0.2) is 8.58 Å². The third-order valence-corrected chi connectivity index (χ3v) is 3.06. The molecule has 0 radical (unpaired) electrons. The minimum Gasteiger partial charge on any atom is -0.267 e. The molecule has 2 heterocycles. The summed E-state index contributed by atoms with van der Waals surface area (Å²) in [5.41, 5.74) is 0.281. The lowest BCUT2D eigenvalue weighted by molar-refractivity contribution is 1.04. The summed E-state index contributed by atoms with van der Waals surface area (Å²) in [6.07, 6.45) is 1.44. The van der Waals surface area contributed by atoms with E-state index in [1.54, 1.807) is 0 Å². The number of halogens is 2. The molecule has 0 bridgehead atoms. The average Bonchev–Trinajstić information content (AvgIpc) is 2.48. The van der Waals surface area contributed by atoms with E-state index < -0.39 is 0 Å². The molecule has 2 aromatic heterocycles. The van der Waals surface area contributed by atoms with Crippen LogP contribution in [0.25, 0.3) is 11.0 Å². The van der Waals surface area contributed by atoms with Crippen LogP contribution in [0.1, 0.15) is 0 Å². The van der Waals surface area contributed by atoms with Gasteiger partial charge in [0.1, 0.15) is 5.39 Å². The Labute approximate surface area is 83.3 Å². The Balaban J connectivity index is 3.05. The molecular formula is C5H2Br2N4O. The number of nitrogens with one attached hydrogen (secondary N) is 1. The number of hydrogen-bond donors (Lipinski definition) is 1. The quantitative estimate of drug-likeness (QED) is 0.738. The zero-order chi connectivity index (χ0) is 8.72. The summed E-state index contributed by atoms with van der Waals surface area (Å²) in [5.74, 6) is 0. The van der Waals surface area contributed by atoms with Gasteiger partial charge in [-0.05, 0) is 15.9 Å². The van der Waals surface area contributed by atoms with Crippen molar-refractivity contribution in [3.8, 4) is 0 Å². The molecule has 0 aliphatic carbocycles. The fourth-order valence-electron chi connectivity index (χ4n) is 0.847. The summed E-state index contributed by atoms with van der Waals surface area (Å²) in [4.78, 5) is 15.4. The molecule has 1 N–H and O–H groups in total. The second kappa shape index (κ2) is 2.67. The summed E-state index contributed by atoms with van der Waals surface area (Å²) in [7, 11) is 0. The van der Waals surface area contributed by atoms with Crippen molar-refractivity contribution in [1.29, 1.82) is 0 Å². The SMILES string of the molecule is O=c1c2cn[nH]c2nc(Br)n1Br. The van der Waals surface area contributed by atoms with Gasteiger partial charge in [0.2, 0.25) is 0 Å². The molecule has 2 aromatic rings. The molecule has 0 amide bonds. The number of fused-ring (bicyclic) bond motifs is 1. The highest BCUT2D eigenvalue weighted by Crippen LogP contribution is 2.10. The summed E-state index contributed by atoms with van der Waals surface area (Å²) in [6.45, 7) is 0. The molecule has 0 aliphatic rings. The summed E-state index contributed by atoms with van der Waals surface area (Å²) in [5, 5.41) is 6.76. The second-order valence-electron chi connectivity index (χ2n) is 2.10. The van der Waals surface area contributed by atoms with Crippen molar-refractivity contribution in [2.45, 2.75) is 0 Å². The highest BCUT2D eigenvalue weighted by atomic mass is 79.9. The number of hydrogen-bond acceptors (Lipinski definition) is 3. The molecule has 0 unspecified atom stereocenters. The maximum absolute atomic E-state index is 11.4. The first kappa shape index (κ1) is 7.93. The molecule has 12 heavy (non-hydrogen) atoms. The highest BCUT2D eigenvalue weighted by Gasteiger charge is 2.07. The van der Waals surface area contributed by atoms with Crippen LogP contribution < -0.4 is 5.56 Å². The van der Waals surface area contributed by atoms with Gasteiger partial charge in [-0.15, -0.1) is 0 Å². The maximum atomic E-state index is 11.4. The van der Waals surface area contributed by atoms with Crippen molar-refractivity contribution >= 4 is 43.1 Å². The van der Waals surface area contributed by atoms with E-state index in [1.165, 1.54) is 9.79 Å². The Morgan fingerprint density at radius 2 is 2.33 bits per heavy atom. The molecular weight excluding hydrogens is 292 g/mol. The van der Waals surface area contributed by atoms with E-state index in [0.717, 1.165) is 0 Å². The molecule has 5 nitrogen and oxygen atoms in total. The fourth-order valence-corrected chi connectivity index (χ4v) is 1.46. The molecule has 0 aromatic carbocycles. The summed E-state index contributed by atoms with van der Waals surface area (Å²) >= 11 is 6.15. The Morgan fingerprint density at radius 1 is 1.58 bits per heavy atom. The van der Waals surface area contributed by atoms with Gasteiger partial charge in [0.25, 0.3) is 5.56 Å². The first-order valence-corrected chi connectivity index (χ1v) is 4.48. The summed E-state index contributed by atoms with van der Waals surface area (Å²) < 4.78 is 1.63. The van der Waals surface area contributed by atoms with Crippen molar-refractivity contribution in [3.63, 3.8) is 0 Å². The Kier molecular flexibility index (Phi) is 1.76. The van der Waals surface area contributed by atoms with E-state index in [-0.39, 0.29) is 5.56 Å². The standard InChI is InChI=1S/C5H2Br2N4O/c6-5-9-3-2(1-8-10-3)4(12)11(5)7/h1H,(H,8,10). The third kappa shape index (κ3) is 1.00. The van der Waals surface area contributed by atoms with Gasteiger partial charge in [0.05, 0.1) is 22.3 Å². The predicted octanol–water partition coefficient (Wildman–Crippen LogP) is 1.04. The van der Waals surface area contributed by atoms with Crippen LogP contribution in [0.5, 0.6) is 0 Å². The largest absolute Gasteiger partial charge is 0.275 e. The van der Waals surface area contributed by atoms with E-state index in [4.69, 9.17) is 0 Å². The summed E-state index contributed by atoms with van der Waals surface area (Å²) in [6, 6.07) is 0. The first-order valence-electron chi connectivity index (χ1n) is 2.98. The lowest BCUT2D eigenvalue weighted by atomic mass is 10.4. The van der Waals surface area contributed by atoms with Crippen LogP contribution in [-0.2, 0) is 0 Å². The number of aromatic amines is 1. The minimum atomic E-state index is -0.194. The molecule has 7 heteroatoms. The van der Waals surface area contributed by atoms with E-state index in [1.807, 2.05) is 0 Å². The van der Waals surface area contributed by atoms with Gasteiger partial charge in [0.15, 0.2) is 10.4 Å². The average molecular weight is 294 g/mol. The van der Waals surface area contributed by atoms with Gasteiger partial charge in [-0.3, -0.25) is 9.89 Å². The van der Waals surface area contributed by atoms with Gasteiger partial charge < -0.3 is 0 Å². The number of H-pyrrole nitrogens is 1. The van der Waals surface area contributed by atoms with Gasteiger partial charge in [-0.1, -0.05) is 0 Å². The Morgan fingerprint density at radius 3 is 3.08 bits per heavy atom. The highest BCUT2D eigenvalue weighted by molar-refractivity contribution is 9.11. The van der Waals surface area contributed by atoms with Crippen molar-refractivity contribution < 1.29 is 0 Å². The second-order valence-corrected chi connectivity index (χ2v) is 3.52. The fraction of sp³-hybridized carbons (Fsp3) is 0. The monoisotopic (exact) mass is 292 g/mol. The van der Waals surface area contributed by atoms with Gasteiger partial charge in [-0.2, -0.15) is 5.10 Å². The smallest absolute Gasteiger partial charge is 0.267 e. The van der Waals surface area contributed by atoms with E-state index >= 15 is 0 Å². The van der Waals surface area contributed by atoms with Crippen LogP contribution >= 0.6 is 32.1 Å². The van der Waals surface area contributed by atoms with Gasteiger partial charge >= 0.3 is 0 Å². The lowest BCUT2D eigenvalue weighted by Gasteiger charge is -1.95. The number of nitrogens with zero attached hydrogens (tertiary/aromatic N) is 3. The molecule has 62 valence electrons. The molecule has 0 saturated heterocycles. The van der Waals surface area contributed by atoms with Crippen LogP contribution in [0, 0.1) is 0 Å². The molecule has 0 aliphatic heterocycles. The number of rotatable bonds is 0. The molecule has 0 saturated carbocycles. The normalized spacial score (nSPS) is 10.8. The van der Waals surface area contributed by atoms with E-state index in [2.05, 4.69) is 47.3 Å². The molecule has 0 fully saturated rings.